The number of piperidine rings is 1. The van der Waals surface area contributed by atoms with Crippen LogP contribution >= 0.6 is 0 Å². The number of hydrogen-bond donors (Lipinski definition) is 0. The standard InChI is InChI=1S/C29H27F5N2/c30-25-11-3-21(4-12-25)27(22-5-13-26(31)14-6-22)2-1-17-36-18-15-28(20-35,16-19-36)23-7-9-24(10-8-23)29(32,33)34/h3-14,27H,1-2,15-19H2. The normalized spacial score (nSPS) is 16.1. The maximum absolute atomic E-state index is 13.5. The molecule has 0 aliphatic carbocycles. The van der Waals surface area contributed by atoms with Crippen molar-refractivity contribution in [2.24, 2.45) is 0 Å². The average molecular weight is 499 g/mol. The average Bonchev–Trinajstić information content (AvgIpc) is 2.88. The zero-order valence-electron chi connectivity index (χ0n) is 19.7. The molecule has 36 heavy (non-hydrogen) atoms. The maximum atomic E-state index is 13.5. The largest absolute Gasteiger partial charge is 0.416 e. The third kappa shape index (κ3) is 5.93. The lowest BCUT2D eigenvalue weighted by Gasteiger charge is -2.38. The summed E-state index contributed by atoms with van der Waals surface area (Å²) in [6, 6.07) is 20.1. The molecule has 2 nitrogen and oxygen atoms in total. The summed E-state index contributed by atoms with van der Waals surface area (Å²) in [6.45, 7) is 2.14. The zero-order chi connectivity index (χ0) is 25.8. The maximum Gasteiger partial charge on any atom is 0.416 e. The van der Waals surface area contributed by atoms with Crippen LogP contribution in [0.4, 0.5) is 22.0 Å². The number of alkyl halides is 3. The molecule has 1 aliphatic heterocycles. The van der Waals surface area contributed by atoms with E-state index in [0.717, 1.165) is 42.6 Å². The fourth-order valence-electron chi connectivity index (χ4n) is 5.04. The van der Waals surface area contributed by atoms with Gasteiger partial charge >= 0.3 is 6.18 Å². The van der Waals surface area contributed by atoms with E-state index in [9.17, 15) is 27.2 Å². The Balaban J connectivity index is 1.37. The summed E-state index contributed by atoms with van der Waals surface area (Å²) in [5, 5.41) is 9.91. The first-order chi connectivity index (χ1) is 17.2. The third-order valence-electron chi connectivity index (χ3n) is 7.20. The first kappa shape index (κ1) is 25.8. The Morgan fingerprint density at radius 3 is 1.75 bits per heavy atom. The van der Waals surface area contributed by atoms with Crippen molar-refractivity contribution in [2.45, 2.75) is 43.2 Å². The summed E-state index contributed by atoms with van der Waals surface area (Å²) in [4.78, 5) is 2.27. The molecule has 0 amide bonds. The first-order valence-corrected chi connectivity index (χ1v) is 12.0. The van der Waals surface area contributed by atoms with E-state index >= 15 is 0 Å². The monoisotopic (exact) mass is 498 g/mol. The predicted octanol–water partition coefficient (Wildman–Crippen LogP) is 7.45. The number of nitrogens with zero attached hydrogens (tertiary/aromatic N) is 2. The molecule has 0 atom stereocenters. The van der Waals surface area contributed by atoms with E-state index in [4.69, 9.17) is 0 Å². The zero-order valence-corrected chi connectivity index (χ0v) is 19.7. The SMILES string of the molecule is N#CC1(c2ccc(C(F)(F)F)cc2)CCN(CCCC(c2ccc(F)cc2)c2ccc(F)cc2)CC1. The van der Waals surface area contributed by atoms with Crippen LogP contribution in [-0.4, -0.2) is 24.5 Å². The van der Waals surface area contributed by atoms with Gasteiger partial charge in [0.15, 0.2) is 0 Å². The Bertz CT molecular complexity index is 1130. The second kappa shape index (κ2) is 10.8. The van der Waals surface area contributed by atoms with Gasteiger partial charge in [0.2, 0.25) is 0 Å². The van der Waals surface area contributed by atoms with Crippen LogP contribution in [0.2, 0.25) is 0 Å². The van der Waals surface area contributed by atoms with E-state index in [1.54, 1.807) is 24.3 Å². The van der Waals surface area contributed by atoms with Gasteiger partial charge in [-0.05, 0) is 98.4 Å². The van der Waals surface area contributed by atoms with Crippen molar-refractivity contribution in [1.82, 2.24) is 4.90 Å². The molecule has 188 valence electrons. The second-order valence-electron chi connectivity index (χ2n) is 9.41. The quantitative estimate of drug-likeness (QED) is 0.316. The second-order valence-corrected chi connectivity index (χ2v) is 9.41. The highest BCUT2D eigenvalue weighted by atomic mass is 19.4. The highest BCUT2D eigenvalue weighted by molar-refractivity contribution is 5.36. The molecule has 0 N–H and O–H groups in total. The number of nitriles is 1. The molecule has 0 unspecified atom stereocenters. The molecular formula is C29H27F5N2. The number of hydrogen-bond acceptors (Lipinski definition) is 2. The number of likely N-dealkylation sites (tertiary alicyclic amines) is 1. The van der Waals surface area contributed by atoms with Crippen molar-refractivity contribution < 1.29 is 22.0 Å². The molecule has 0 bridgehead atoms. The predicted molar refractivity (Wildman–Crippen MR) is 128 cm³/mol. The van der Waals surface area contributed by atoms with Gasteiger partial charge in [0.25, 0.3) is 0 Å². The van der Waals surface area contributed by atoms with Crippen LogP contribution in [0.25, 0.3) is 0 Å². The van der Waals surface area contributed by atoms with Gasteiger partial charge in [-0.25, -0.2) is 8.78 Å². The van der Waals surface area contributed by atoms with Crippen molar-refractivity contribution in [2.75, 3.05) is 19.6 Å². The highest BCUT2D eigenvalue weighted by Crippen LogP contribution is 2.37. The minimum absolute atomic E-state index is 0.00124. The summed E-state index contributed by atoms with van der Waals surface area (Å²) >= 11 is 0. The van der Waals surface area contributed by atoms with Crippen LogP contribution in [0.5, 0.6) is 0 Å². The summed E-state index contributed by atoms with van der Waals surface area (Å²) in [6.07, 6.45) is -1.67. The Labute approximate surface area is 208 Å². The summed E-state index contributed by atoms with van der Waals surface area (Å²) in [5.74, 6) is -0.612. The summed E-state index contributed by atoms with van der Waals surface area (Å²) in [5.41, 5.74) is 1.06. The molecule has 1 saturated heterocycles. The fraction of sp³-hybridized carbons (Fsp3) is 0.345. The molecule has 1 aliphatic rings. The van der Waals surface area contributed by atoms with E-state index in [-0.39, 0.29) is 17.6 Å². The Morgan fingerprint density at radius 2 is 1.31 bits per heavy atom. The smallest absolute Gasteiger partial charge is 0.303 e. The van der Waals surface area contributed by atoms with Crippen LogP contribution in [-0.2, 0) is 11.6 Å². The fourth-order valence-corrected chi connectivity index (χ4v) is 5.04. The molecule has 4 rings (SSSR count). The van der Waals surface area contributed by atoms with Gasteiger partial charge in [-0.1, -0.05) is 36.4 Å². The lowest BCUT2D eigenvalue weighted by atomic mass is 9.74. The highest BCUT2D eigenvalue weighted by Gasteiger charge is 2.37. The van der Waals surface area contributed by atoms with Gasteiger partial charge < -0.3 is 4.90 Å². The molecule has 1 heterocycles. The Kier molecular flexibility index (Phi) is 7.75. The number of rotatable bonds is 7. The lowest BCUT2D eigenvalue weighted by Crippen LogP contribution is -2.42. The van der Waals surface area contributed by atoms with Gasteiger partial charge in [-0.3, -0.25) is 0 Å². The van der Waals surface area contributed by atoms with Crippen molar-refractivity contribution in [3.05, 3.63) is 107 Å². The first-order valence-electron chi connectivity index (χ1n) is 12.0. The van der Waals surface area contributed by atoms with Crippen molar-refractivity contribution in [1.29, 1.82) is 5.26 Å². The van der Waals surface area contributed by atoms with Gasteiger partial charge in [-0.15, -0.1) is 0 Å². The topological polar surface area (TPSA) is 27.0 Å². The molecule has 0 saturated carbocycles. The molecule has 3 aromatic carbocycles. The van der Waals surface area contributed by atoms with Crippen LogP contribution in [0.1, 0.15) is 53.9 Å². The minimum Gasteiger partial charge on any atom is -0.303 e. The molecule has 7 heteroatoms. The molecule has 0 aromatic heterocycles. The van der Waals surface area contributed by atoms with E-state index in [1.807, 2.05) is 0 Å². The van der Waals surface area contributed by atoms with Crippen molar-refractivity contribution in [3.8, 4) is 6.07 Å². The van der Waals surface area contributed by atoms with Gasteiger partial charge in [0.05, 0.1) is 17.0 Å². The molecule has 0 spiro atoms. The molecule has 0 radical (unpaired) electrons. The number of halogens is 5. The van der Waals surface area contributed by atoms with Crippen molar-refractivity contribution in [3.63, 3.8) is 0 Å². The minimum atomic E-state index is -4.40. The summed E-state index contributed by atoms with van der Waals surface area (Å²) in [7, 11) is 0. The van der Waals surface area contributed by atoms with Crippen LogP contribution in [0.3, 0.4) is 0 Å². The van der Waals surface area contributed by atoms with Crippen molar-refractivity contribution >= 4 is 0 Å². The summed E-state index contributed by atoms with van der Waals surface area (Å²) < 4.78 is 65.7. The van der Waals surface area contributed by atoms with E-state index in [1.165, 1.54) is 36.4 Å². The van der Waals surface area contributed by atoms with Crippen LogP contribution < -0.4 is 0 Å². The van der Waals surface area contributed by atoms with Crippen LogP contribution in [0, 0.1) is 23.0 Å². The third-order valence-corrected chi connectivity index (χ3v) is 7.20. The lowest BCUT2D eigenvalue weighted by molar-refractivity contribution is -0.137. The Morgan fingerprint density at radius 1 is 0.806 bits per heavy atom. The molecule has 1 fully saturated rings. The molecule has 3 aromatic rings. The van der Waals surface area contributed by atoms with E-state index < -0.39 is 17.2 Å². The van der Waals surface area contributed by atoms with Gasteiger partial charge in [0.1, 0.15) is 11.6 Å². The molecular weight excluding hydrogens is 471 g/mol. The van der Waals surface area contributed by atoms with Gasteiger partial charge in [0, 0.05) is 5.92 Å². The van der Waals surface area contributed by atoms with E-state index in [0.29, 0.717) is 31.5 Å². The van der Waals surface area contributed by atoms with Gasteiger partial charge in [-0.2, -0.15) is 18.4 Å². The van der Waals surface area contributed by atoms with E-state index in [2.05, 4.69) is 11.0 Å². The number of benzene rings is 3. The Hall–Kier alpha value is -3.24. The van der Waals surface area contributed by atoms with Crippen LogP contribution in [0.15, 0.2) is 72.8 Å².